The Bertz CT molecular complexity index is 625. The van der Waals surface area contributed by atoms with Gasteiger partial charge < -0.3 is 4.57 Å². The van der Waals surface area contributed by atoms with Crippen molar-refractivity contribution in [1.82, 2.24) is 14.3 Å². The molecule has 0 unspecified atom stereocenters. The molecule has 0 radical (unpaired) electrons. The molecule has 0 spiro atoms. The molecule has 0 amide bonds. The summed E-state index contributed by atoms with van der Waals surface area (Å²) in [6, 6.07) is 1.88. The highest BCUT2D eigenvalue weighted by Crippen LogP contribution is 2.22. The lowest BCUT2D eigenvalue weighted by Crippen LogP contribution is -2.08. The summed E-state index contributed by atoms with van der Waals surface area (Å²) >= 11 is 3.59. The van der Waals surface area contributed by atoms with Crippen LogP contribution in [0.1, 0.15) is 42.5 Å². The quantitative estimate of drug-likeness (QED) is 0.781. The number of aryl methyl sites for hydroxylation is 2. The zero-order valence-corrected chi connectivity index (χ0v) is 13.9. The van der Waals surface area contributed by atoms with Crippen LogP contribution in [-0.2, 0) is 13.1 Å². The molecule has 0 aromatic carbocycles. The lowest BCUT2D eigenvalue weighted by atomic mass is 10.0. The fraction of sp³-hybridized carbons (Fsp3) is 0.467. The Kier molecular flexibility index (Phi) is 4.48. The zero-order valence-electron chi connectivity index (χ0n) is 12.4. The maximum absolute atomic E-state index is 12.0. The highest BCUT2D eigenvalue weighted by Gasteiger charge is 2.15. The molecular weight excluding hydrogens is 318 g/mol. The van der Waals surface area contributed by atoms with Gasteiger partial charge in [-0.2, -0.15) is 5.10 Å². The number of nitrogens with zero attached hydrogens (tertiary/aromatic N) is 3. The summed E-state index contributed by atoms with van der Waals surface area (Å²) in [4.78, 5) is 12.0. The predicted molar refractivity (Wildman–Crippen MR) is 83.0 cm³/mol. The molecule has 0 aliphatic heterocycles. The van der Waals surface area contributed by atoms with E-state index in [2.05, 4.69) is 28.0 Å². The summed E-state index contributed by atoms with van der Waals surface area (Å²) in [5.74, 6) is 0.212. The predicted octanol–water partition coefficient (Wildman–Crippen LogP) is 3.66. The molecule has 0 saturated heterocycles. The molecule has 2 heterocycles. The van der Waals surface area contributed by atoms with E-state index in [1.165, 1.54) is 0 Å². The van der Waals surface area contributed by atoms with Gasteiger partial charge in [-0.25, -0.2) is 0 Å². The summed E-state index contributed by atoms with van der Waals surface area (Å²) in [5.41, 5.74) is 2.90. The Morgan fingerprint density at radius 1 is 1.45 bits per heavy atom. The largest absolute Gasteiger partial charge is 0.348 e. The number of aromatic nitrogens is 3. The van der Waals surface area contributed by atoms with E-state index in [9.17, 15) is 4.79 Å². The molecule has 2 aromatic heterocycles. The molecule has 4 nitrogen and oxygen atoms in total. The zero-order chi connectivity index (χ0) is 14.9. The van der Waals surface area contributed by atoms with Gasteiger partial charge in [0.05, 0.1) is 22.4 Å². The first-order chi connectivity index (χ1) is 9.43. The SMILES string of the molecule is CCn1nc(C)c(Br)c1Cn1ccc(C(=O)C(C)C)c1. The van der Waals surface area contributed by atoms with Gasteiger partial charge >= 0.3 is 0 Å². The average Bonchev–Trinajstić information content (AvgIpc) is 2.98. The van der Waals surface area contributed by atoms with Gasteiger partial charge in [-0.3, -0.25) is 9.48 Å². The summed E-state index contributed by atoms with van der Waals surface area (Å²) in [5, 5.41) is 4.48. The fourth-order valence-electron chi connectivity index (χ4n) is 2.21. The Hall–Kier alpha value is -1.36. The normalized spacial score (nSPS) is 11.3. The molecular formula is C15H20BrN3O. The molecule has 0 aliphatic rings. The van der Waals surface area contributed by atoms with E-state index in [1.54, 1.807) is 0 Å². The molecule has 2 aromatic rings. The average molecular weight is 338 g/mol. The van der Waals surface area contributed by atoms with E-state index in [0.717, 1.165) is 28.0 Å². The molecule has 0 fully saturated rings. The number of carbonyl (C=O) groups is 1. The standard InChI is InChI=1S/C15H20BrN3O/c1-5-19-13(14(16)11(4)17-19)9-18-7-6-12(8-18)15(20)10(2)3/h6-8,10H,5,9H2,1-4H3. The summed E-state index contributed by atoms with van der Waals surface area (Å²) < 4.78 is 5.07. The Labute approximate surface area is 127 Å². The number of halogens is 1. The van der Waals surface area contributed by atoms with Gasteiger partial charge in [0.15, 0.2) is 5.78 Å². The molecule has 0 aliphatic carbocycles. The highest BCUT2D eigenvalue weighted by molar-refractivity contribution is 9.10. The minimum Gasteiger partial charge on any atom is -0.348 e. The van der Waals surface area contributed by atoms with Gasteiger partial charge in [-0.15, -0.1) is 0 Å². The van der Waals surface area contributed by atoms with Gasteiger partial charge in [-0.05, 0) is 35.8 Å². The number of carbonyl (C=O) groups excluding carboxylic acids is 1. The number of hydrogen-bond donors (Lipinski definition) is 0. The van der Waals surface area contributed by atoms with Crippen LogP contribution in [0.2, 0.25) is 0 Å². The van der Waals surface area contributed by atoms with Crippen molar-refractivity contribution in [2.75, 3.05) is 0 Å². The van der Waals surface area contributed by atoms with Crippen molar-refractivity contribution in [3.8, 4) is 0 Å². The molecule has 0 N–H and O–H groups in total. The lowest BCUT2D eigenvalue weighted by molar-refractivity contribution is 0.0939. The molecule has 5 heteroatoms. The number of ketones is 1. The Balaban J connectivity index is 2.25. The minimum atomic E-state index is 0.0287. The first-order valence-electron chi connectivity index (χ1n) is 6.85. The fourth-order valence-corrected chi connectivity index (χ4v) is 2.62. The van der Waals surface area contributed by atoms with Crippen LogP contribution in [0.4, 0.5) is 0 Å². The second kappa shape index (κ2) is 5.95. The number of Topliss-reactive ketones (excluding diaryl/α,β-unsaturated/α-hetero) is 1. The summed E-state index contributed by atoms with van der Waals surface area (Å²) in [6.45, 7) is 9.45. The first-order valence-corrected chi connectivity index (χ1v) is 7.65. The van der Waals surface area contributed by atoms with E-state index in [0.29, 0.717) is 6.54 Å². The van der Waals surface area contributed by atoms with Crippen molar-refractivity contribution in [3.05, 3.63) is 39.9 Å². The molecule has 0 saturated carbocycles. The highest BCUT2D eigenvalue weighted by atomic mass is 79.9. The van der Waals surface area contributed by atoms with E-state index in [1.807, 2.05) is 48.5 Å². The van der Waals surface area contributed by atoms with Crippen LogP contribution >= 0.6 is 15.9 Å². The van der Waals surface area contributed by atoms with Crippen molar-refractivity contribution in [2.24, 2.45) is 5.92 Å². The van der Waals surface area contributed by atoms with Crippen molar-refractivity contribution >= 4 is 21.7 Å². The topological polar surface area (TPSA) is 39.8 Å². The monoisotopic (exact) mass is 337 g/mol. The third kappa shape index (κ3) is 2.87. The second-order valence-corrected chi connectivity index (χ2v) is 6.05. The van der Waals surface area contributed by atoms with Crippen LogP contribution in [0.5, 0.6) is 0 Å². The van der Waals surface area contributed by atoms with Crippen molar-refractivity contribution < 1.29 is 4.79 Å². The number of rotatable bonds is 5. The Morgan fingerprint density at radius 3 is 2.75 bits per heavy atom. The van der Waals surface area contributed by atoms with Crippen LogP contribution in [0.25, 0.3) is 0 Å². The van der Waals surface area contributed by atoms with E-state index >= 15 is 0 Å². The third-order valence-corrected chi connectivity index (χ3v) is 4.38. The van der Waals surface area contributed by atoms with Gasteiger partial charge in [-0.1, -0.05) is 13.8 Å². The van der Waals surface area contributed by atoms with Gasteiger partial charge in [0, 0.05) is 30.4 Å². The molecule has 0 bridgehead atoms. The molecule has 20 heavy (non-hydrogen) atoms. The molecule has 0 atom stereocenters. The van der Waals surface area contributed by atoms with Crippen LogP contribution in [0, 0.1) is 12.8 Å². The van der Waals surface area contributed by atoms with E-state index in [4.69, 9.17) is 0 Å². The maximum atomic E-state index is 12.0. The molecule has 2 rings (SSSR count). The maximum Gasteiger partial charge on any atom is 0.166 e. The summed E-state index contributed by atoms with van der Waals surface area (Å²) in [7, 11) is 0. The van der Waals surface area contributed by atoms with Crippen molar-refractivity contribution in [3.63, 3.8) is 0 Å². The van der Waals surface area contributed by atoms with Gasteiger partial charge in [0.1, 0.15) is 0 Å². The first kappa shape index (κ1) is 15.0. The Morgan fingerprint density at radius 2 is 2.15 bits per heavy atom. The van der Waals surface area contributed by atoms with Crippen LogP contribution in [-0.4, -0.2) is 20.1 Å². The smallest absolute Gasteiger partial charge is 0.166 e. The number of hydrogen-bond acceptors (Lipinski definition) is 2. The van der Waals surface area contributed by atoms with Crippen LogP contribution < -0.4 is 0 Å². The third-order valence-electron chi connectivity index (χ3n) is 3.34. The van der Waals surface area contributed by atoms with E-state index in [-0.39, 0.29) is 11.7 Å². The van der Waals surface area contributed by atoms with Crippen molar-refractivity contribution in [2.45, 2.75) is 40.8 Å². The summed E-state index contributed by atoms with van der Waals surface area (Å²) in [6.07, 6.45) is 3.86. The van der Waals surface area contributed by atoms with Crippen LogP contribution in [0.3, 0.4) is 0 Å². The van der Waals surface area contributed by atoms with Crippen molar-refractivity contribution in [1.29, 1.82) is 0 Å². The second-order valence-electron chi connectivity index (χ2n) is 5.25. The minimum absolute atomic E-state index is 0.0287. The molecule has 108 valence electrons. The van der Waals surface area contributed by atoms with Crippen LogP contribution in [0.15, 0.2) is 22.9 Å². The lowest BCUT2D eigenvalue weighted by Gasteiger charge is -2.07. The van der Waals surface area contributed by atoms with Gasteiger partial charge in [0.2, 0.25) is 0 Å². The van der Waals surface area contributed by atoms with Gasteiger partial charge in [0.25, 0.3) is 0 Å². The van der Waals surface area contributed by atoms with E-state index < -0.39 is 0 Å².